The molecule has 168 valence electrons. The van der Waals surface area contributed by atoms with Crippen molar-refractivity contribution in [1.29, 1.82) is 0 Å². The van der Waals surface area contributed by atoms with Gasteiger partial charge in [-0.3, -0.25) is 19.5 Å². The van der Waals surface area contributed by atoms with Crippen LogP contribution in [0.4, 0.5) is 5.69 Å². The average molecular weight is 465 g/mol. The van der Waals surface area contributed by atoms with Crippen LogP contribution in [0.25, 0.3) is 5.76 Å². The summed E-state index contributed by atoms with van der Waals surface area (Å²) in [6.07, 6.45) is 3.15. The number of methoxy groups -OCH3 is 1. The molecule has 1 unspecified atom stereocenters. The van der Waals surface area contributed by atoms with Crippen LogP contribution >= 0.6 is 11.6 Å². The SMILES string of the molecule is CCOc1ccc(N2C(=O)C(=O)/C(=C(\O)c3ccc(OC)c(Cl)c3)C2c2cccnc2)cc1. The van der Waals surface area contributed by atoms with Gasteiger partial charge in [0.15, 0.2) is 0 Å². The topological polar surface area (TPSA) is 89.0 Å². The van der Waals surface area contributed by atoms with Crippen LogP contribution in [0, 0.1) is 0 Å². The first-order valence-electron chi connectivity index (χ1n) is 10.2. The van der Waals surface area contributed by atoms with E-state index in [1.807, 2.05) is 6.92 Å². The number of carbonyl (C=O) groups is 2. The lowest BCUT2D eigenvalue weighted by Crippen LogP contribution is -2.29. The number of pyridine rings is 1. The van der Waals surface area contributed by atoms with Crippen molar-refractivity contribution in [2.45, 2.75) is 13.0 Å². The van der Waals surface area contributed by atoms with Gasteiger partial charge in [0, 0.05) is 23.6 Å². The molecule has 33 heavy (non-hydrogen) atoms. The Hall–Kier alpha value is -3.84. The van der Waals surface area contributed by atoms with Crippen LogP contribution in [-0.2, 0) is 9.59 Å². The largest absolute Gasteiger partial charge is 0.507 e. The van der Waals surface area contributed by atoms with Gasteiger partial charge in [0.2, 0.25) is 0 Å². The number of hydrogen-bond acceptors (Lipinski definition) is 6. The first-order valence-corrected chi connectivity index (χ1v) is 10.6. The Morgan fingerprint density at radius 2 is 1.91 bits per heavy atom. The number of ether oxygens (including phenoxy) is 2. The third-order valence-corrected chi connectivity index (χ3v) is 5.59. The highest BCUT2D eigenvalue weighted by atomic mass is 35.5. The van der Waals surface area contributed by atoms with E-state index >= 15 is 0 Å². The highest BCUT2D eigenvalue weighted by molar-refractivity contribution is 6.51. The molecule has 0 aliphatic carbocycles. The molecule has 1 aliphatic rings. The Bertz CT molecular complexity index is 1230. The number of rotatable bonds is 6. The lowest BCUT2D eigenvalue weighted by atomic mass is 9.96. The molecular formula is C25H21ClN2O5. The number of anilines is 1. The Kier molecular flexibility index (Phi) is 6.33. The summed E-state index contributed by atoms with van der Waals surface area (Å²) in [5, 5.41) is 11.4. The van der Waals surface area contributed by atoms with Crippen molar-refractivity contribution in [1.82, 2.24) is 4.98 Å². The molecule has 1 amide bonds. The van der Waals surface area contributed by atoms with Gasteiger partial charge in [-0.15, -0.1) is 0 Å². The Balaban J connectivity index is 1.87. The van der Waals surface area contributed by atoms with E-state index in [0.29, 0.717) is 34.9 Å². The molecule has 2 heterocycles. The van der Waals surface area contributed by atoms with Crippen molar-refractivity contribution in [3.63, 3.8) is 0 Å². The van der Waals surface area contributed by atoms with Gasteiger partial charge in [0.1, 0.15) is 17.3 Å². The molecule has 0 bridgehead atoms. The molecule has 1 aromatic heterocycles. The molecular weight excluding hydrogens is 444 g/mol. The fraction of sp³-hybridized carbons (Fsp3) is 0.160. The molecule has 4 rings (SSSR count). The first kappa shape index (κ1) is 22.4. The van der Waals surface area contributed by atoms with Gasteiger partial charge in [-0.05, 0) is 61.0 Å². The second-order valence-corrected chi connectivity index (χ2v) is 7.64. The van der Waals surface area contributed by atoms with E-state index in [1.54, 1.807) is 60.9 Å². The van der Waals surface area contributed by atoms with Crippen molar-refractivity contribution in [2.75, 3.05) is 18.6 Å². The van der Waals surface area contributed by atoms with Crippen molar-refractivity contribution in [3.05, 3.63) is 88.7 Å². The van der Waals surface area contributed by atoms with Crippen LogP contribution in [0.3, 0.4) is 0 Å². The van der Waals surface area contributed by atoms with Crippen molar-refractivity contribution in [2.24, 2.45) is 0 Å². The second kappa shape index (κ2) is 9.34. The number of halogens is 1. The number of aromatic nitrogens is 1. The lowest BCUT2D eigenvalue weighted by Gasteiger charge is -2.25. The van der Waals surface area contributed by atoms with Crippen LogP contribution < -0.4 is 14.4 Å². The number of aliphatic hydroxyl groups excluding tert-OH is 1. The Morgan fingerprint density at radius 3 is 2.52 bits per heavy atom. The molecule has 1 saturated heterocycles. The first-order chi connectivity index (χ1) is 16.0. The maximum absolute atomic E-state index is 13.2. The quantitative estimate of drug-likeness (QED) is 0.321. The van der Waals surface area contributed by atoms with Gasteiger partial charge in [0.25, 0.3) is 11.7 Å². The van der Waals surface area contributed by atoms with E-state index in [4.69, 9.17) is 21.1 Å². The Morgan fingerprint density at radius 1 is 1.15 bits per heavy atom. The van der Waals surface area contributed by atoms with Crippen LogP contribution in [0.1, 0.15) is 24.1 Å². The number of Topliss-reactive ketones (excluding diaryl/α,β-unsaturated/α-hetero) is 1. The van der Waals surface area contributed by atoms with Crippen LogP contribution in [0.5, 0.6) is 11.5 Å². The highest BCUT2D eigenvalue weighted by Crippen LogP contribution is 2.42. The van der Waals surface area contributed by atoms with Gasteiger partial charge in [-0.25, -0.2) is 0 Å². The molecule has 8 heteroatoms. The monoisotopic (exact) mass is 464 g/mol. The van der Waals surface area contributed by atoms with Crippen LogP contribution in [0.15, 0.2) is 72.6 Å². The third-order valence-electron chi connectivity index (χ3n) is 5.30. The molecule has 0 saturated carbocycles. The fourth-order valence-electron chi connectivity index (χ4n) is 3.79. The van der Waals surface area contributed by atoms with E-state index in [1.165, 1.54) is 18.1 Å². The van der Waals surface area contributed by atoms with Crippen molar-refractivity contribution in [3.8, 4) is 11.5 Å². The molecule has 0 spiro atoms. The molecule has 1 aliphatic heterocycles. The molecule has 3 aromatic rings. The number of amides is 1. The van der Waals surface area contributed by atoms with E-state index in [9.17, 15) is 14.7 Å². The second-order valence-electron chi connectivity index (χ2n) is 7.23. The summed E-state index contributed by atoms with van der Waals surface area (Å²) in [5.74, 6) is -0.827. The normalized spacial score (nSPS) is 17.3. The summed E-state index contributed by atoms with van der Waals surface area (Å²) in [6.45, 7) is 2.38. The standard InChI is InChI=1S/C25H21ClN2O5/c1-3-33-18-9-7-17(8-10-18)28-22(16-5-4-12-27-14-16)21(24(30)25(28)31)23(29)15-6-11-20(32-2)19(26)13-15/h4-14,22,29H,3H2,1-2H3/b23-21-. The molecule has 2 aromatic carbocycles. The minimum Gasteiger partial charge on any atom is -0.507 e. The van der Waals surface area contributed by atoms with Crippen LogP contribution in [-0.4, -0.2) is 35.5 Å². The van der Waals surface area contributed by atoms with Crippen molar-refractivity contribution < 1.29 is 24.2 Å². The van der Waals surface area contributed by atoms with Gasteiger partial charge >= 0.3 is 0 Å². The summed E-state index contributed by atoms with van der Waals surface area (Å²) >= 11 is 6.22. The summed E-state index contributed by atoms with van der Waals surface area (Å²) in [4.78, 5) is 31.8. The highest BCUT2D eigenvalue weighted by Gasteiger charge is 2.47. The average Bonchev–Trinajstić information content (AvgIpc) is 3.10. The summed E-state index contributed by atoms with van der Waals surface area (Å²) in [7, 11) is 1.48. The zero-order valence-electron chi connectivity index (χ0n) is 18.0. The number of ketones is 1. The van der Waals surface area contributed by atoms with Gasteiger partial charge in [-0.2, -0.15) is 0 Å². The maximum atomic E-state index is 13.2. The van der Waals surface area contributed by atoms with E-state index in [2.05, 4.69) is 4.98 Å². The van der Waals surface area contributed by atoms with Crippen molar-refractivity contribution >= 4 is 34.7 Å². The predicted molar refractivity (Wildman–Crippen MR) is 125 cm³/mol. The summed E-state index contributed by atoms with van der Waals surface area (Å²) in [5.41, 5.74) is 1.30. The van der Waals surface area contributed by atoms with Crippen LogP contribution in [0.2, 0.25) is 5.02 Å². The number of carbonyl (C=O) groups excluding carboxylic acids is 2. The van der Waals surface area contributed by atoms with Gasteiger partial charge in [0.05, 0.1) is 30.4 Å². The third kappa shape index (κ3) is 4.15. The molecule has 1 N–H and O–H groups in total. The van der Waals surface area contributed by atoms with E-state index < -0.39 is 17.7 Å². The molecule has 7 nitrogen and oxygen atoms in total. The number of nitrogens with zero attached hydrogens (tertiary/aromatic N) is 2. The number of benzene rings is 2. The summed E-state index contributed by atoms with van der Waals surface area (Å²) < 4.78 is 10.6. The smallest absolute Gasteiger partial charge is 0.300 e. The maximum Gasteiger partial charge on any atom is 0.300 e. The minimum absolute atomic E-state index is 0.0527. The van der Waals surface area contributed by atoms with Gasteiger partial charge in [-0.1, -0.05) is 17.7 Å². The van der Waals surface area contributed by atoms with Gasteiger partial charge < -0.3 is 14.6 Å². The zero-order valence-corrected chi connectivity index (χ0v) is 18.7. The predicted octanol–water partition coefficient (Wildman–Crippen LogP) is 4.77. The minimum atomic E-state index is -0.877. The molecule has 1 atom stereocenters. The summed E-state index contributed by atoms with van der Waals surface area (Å²) in [6, 6.07) is 14.1. The zero-order chi connectivity index (χ0) is 23.5. The molecule has 0 radical (unpaired) electrons. The number of aliphatic hydroxyl groups is 1. The Labute approximate surface area is 195 Å². The fourth-order valence-corrected chi connectivity index (χ4v) is 4.05. The van der Waals surface area contributed by atoms with E-state index in [-0.39, 0.29) is 16.4 Å². The van der Waals surface area contributed by atoms with E-state index in [0.717, 1.165) is 0 Å². The lowest BCUT2D eigenvalue weighted by molar-refractivity contribution is -0.132. The molecule has 1 fully saturated rings. The number of hydrogen-bond donors (Lipinski definition) is 1.